The molecule has 0 aromatic heterocycles. The van der Waals surface area contributed by atoms with E-state index < -0.39 is 0 Å². The zero-order valence-corrected chi connectivity index (χ0v) is 9.17. The predicted octanol–water partition coefficient (Wildman–Crippen LogP) is 0.849. The summed E-state index contributed by atoms with van der Waals surface area (Å²) >= 11 is 0. The van der Waals surface area contributed by atoms with E-state index in [0.717, 1.165) is 13.2 Å². The molecule has 0 saturated carbocycles. The molecule has 2 saturated heterocycles. The first kappa shape index (κ1) is 10.4. The molecule has 0 amide bonds. The van der Waals surface area contributed by atoms with Crippen LogP contribution in [-0.2, 0) is 4.74 Å². The van der Waals surface area contributed by atoms with E-state index in [1.807, 2.05) is 0 Å². The van der Waals surface area contributed by atoms with E-state index in [1.165, 1.54) is 38.9 Å². The minimum absolute atomic E-state index is 0.693. The van der Waals surface area contributed by atoms with Gasteiger partial charge in [0.2, 0.25) is 0 Å². The monoisotopic (exact) mass is 198 g/mol. The van der Waals surface area contributed by atoms with Gasteiger partial charge in [-0.15, -0.1) is 0 Å². The van der Waals surface area contributed by atoms with Crippen LogP contribution in [0.5, 0.6) is 0 Å². The predicted molar refractivity (Wildman–Crippen MR) is 57.5 cm³/mol. The van der Waals surface area contributed by atoms with Crippen molar-refractivity contribution in [3.05, 3.63) is 0 Å². The molecule has 82 valence electrons. The summed E-state index contributed by atoms with van der Waals surface area (Å²) in [5.41, 5.74) is 0. The maximum absolute atomic E-state index is 5.46. The van der Waals surface area contributed by atoms with E-state index >= 15 is 0 Å². The molecule has 2 aliphatic rings. The fourth-order valence-corrected chi connectivity index (χ4v) is 2.44. The molecule has 0 spiro atoms. The van der Waals surface area contributed by atoms with Crippen molar-refractivity contribution in [1.82, 2.24) is 10.2 Å². The first-order valence-electron chi connectivity index (χ1n) is 5.95. The lowest BCUT2D eigenvalue weighted by Crippen LogP contribution is -2.42. The van der Waals surface area contributed by atoms with Gasteiger partial charge in [-0.3, -0.25) is 4.90 Å². The second-order valence-corrected chi connectivity index (χ2v) is 4.43. The third kappa shape index (κ3) is 2.47. The maximum Gasteiger partial charge on any atom is 0.0622 e. The first-order valence-corrected chi connectivity index (χ1v) is 5.95. The summed E-state index contributed by atoms with van der Waals surface area (Å²) in [5, 5.41) is 3.60. The fourth-order valence-electron chi connectivity index (χ4n) is 2.44. The number of ether oxygens (including phenoxy) is 1. The number of hydrogen-bond donors (Lipinski definition) is 1. The van der Waals surface area contributed by atoms with Gasteiger partial charge in [-0.1, -0.05) is 6.92 Å². The summed E-state index contributed by atoms with van der Waals surface area (Å²) in [5.74, 6) is 0. The Morgan fingerprint density at radius 1 is 1.50 bits per heavy atom. The molecule has 3 nitrogen and oxygen atoms in total. The van der Waals surface area contributed by atoms with Crippen molar-refractivity contribution in [2.75, 3.05) is 32.8 Å². The Balaban J connectivity index is 1.88. The normalized spacial score (nSPS) is 35.8. The summed E-state index contributed by atoms with van der Waals surface area (Å²) in [6, 6.07) is 1.39. The molecule has 2 rings (SSSR count). The van der Waals surface area contributed by atoms with Gasteiger partial charge in [-0.25, -0.2) is 0 Å². The summed E-state index contributed by atoms with van der Waals surface area (Å²) < 4.78 is 5.46. The highest BCUT2D eigenvalue weighted by molar-refractivity contribution is 4.82. The lowest BCUT2D eigenvalue weighted by molar-refractivity contribution is 0.142. The topological polar surface area (TPSA) is 24.5 Å². The molecule has 0 aromatic carbocycles. The van der Waals surface area contributed by atoms with Crippen LogP contribution in [0.3, 0.4) is 0 Å². The largest absolute Gasteiger partial charge is 0.380 e. The van der Waals surface area contributed by atoms with Crippen LogP contribution >= 0.6 is 0 Å². The average molecular weight is 198 g/mol. The minimum Gasteiger partial charge on any atom is -0.380 e. The van der Waals surface area contributed by atoms with E-state index in [-0.39, 0.29) is 0 Å². The number of nitrogens with zero attached hydrogens (tertiary/aromatic N) is 1. The third-order valence-electron chi connectivity index (χ3n) is 3.42. The zero-order valence-electron chi connectivity index (χ0n) is 9.17. The van der Waals surface area contributed by atoms with Crippen LogP contribution in [-0.4, -0.2) is 49.8 Å². The molecular formula is C11H22N2O. The highest BCUT2D eigenvalue weighted by atomic mass is 16.5. The molecule has 2 atom stereocenters. The summed E-state index contributed by atoms with van der Waals surface area (Å²) in [6.07, 6.45) is 3.76. The van der Waals surface area contributed by atoms with Crippen LogP contribution < -0.4 is 5.32 Å². The lowest BCUT2D eigenvalue weighted by Gasteiger charge is -2.28. The molecule has 0 aliphatic carbocycles. The Morgan fingerprint density at radius 2 is 2.43 bits per heavy atom. The zero-order chi connectivity index (χ0) is 9.80. The van der Waals surface area contributed by atoms with E-state index in [2.05, 4.69) is 17.1 Å². The molecule has 0 aromatic rings. The van der Waals surface area contributed by atoms with Crippen molar-refractivity contribution in [2.24, 2.45) is 0 Å². The van der Waals surface area contributed by atoms with Gasteiger partial charge in [0.15, 0.2) is 0 Å². The van der Waals surface area contributed by atoms with Gasteiger partial charge in [-0.2, -0.15) is 0 Å². The smallest absolute Gasteiger partial charge is 0.0622 e. The lowest BCUT2D eigenvalue weighted by atomic mass is 10.1. The van der Waals surface area contributed by atoms with E-state index in [0.29, 0.717) is 12.1 Å². The Hall–Kier alpha value is -0.120. The SMILES string of the molecule is CCC1CN(C2CCOC2)CCCN1. The molecule has 14 heavy (non-hydrogen) atoms. The quantitative estimate of drug-likeness (QED) is 0.712. The van der Waals surface area contributed by atoms with E-state index in [4.69, 9.17) is 4.74 Å². The Morgan fingerprint density at radius 3 is 3.14 bits per heavy atom. The molecule has 3 heteroatoms. The molecule has 2 fully saturated rings. The van der Waals surface area contributed by atoms with Crippen LogP contribution in [0.2, 0.25) is 0 Å². The van der Waals surface area contributed by atoms with E-state index in [9.17, 15) is 0 Å². The second kappa shape index (κ2) is 5.10. The molecule has 1 N–H and O–H groups in total. The number of hydrogen-bond acceptors (Lipinski definition) is 3. The van der Waals surface area contributed by atoms with E-state index in [1.54, 1.807) is 0 Å². The van der Waals surface area contributed by atoms with Crippen LogP contribution in [0, 0.1) is 0 Å². The number of nitrogens with one attached hydrogen (secondary N) is 1. The molecule has 0 bridgehead atoms. The number of rotatable bonds is 2. The Labute approximate surface area is 86.8 Å². The van der Waals surface area contributed by atoms with Gasteiger partial charge in [0.05, 0.1) is 6.61 Å². The summed E-state index contributed by atoms with van der Waals surface area (Å²) in [6.45, 7) is 7.83. The standard InChI is InChI=1S/C11H22N2O/c1-2-10-8-13(6-3-5-12-10)11-4-7-14-9-11/h10-12H,2-9H2,1H3. The molecule has 2 aliphatic heterocycles. The average Bonchev–Trinajstić information content (AvgIpc) is 2.63. The van der Waals surface area contributed by atoms with Gasteiger partial charge in [-0.05, 0) is 32.4 Å². The summed E-state index contributed by atoms with van der Waals surface area (Å²) in [4.78, 5) is 2.63. The van der Waals surface area contributed by atoms with Gasteiger partial charge in [0, 0.05) is 25.2 Å². The Bertz CT molecular complexity index is 169. The summed E-state index contributed by atoms with van der Waals surface area (Å²) in [7, 11) is 0. The van der Waals surface area contributed by atoms with Crippen molar-refractivity contribution in [3.8, 4) is 0 Å². The van der Waals surface area contributed by atoms with Gasteiger partial charge < -0.3 is 10.1 Å². The first-order chi connectivity index (χ1) is 6.90. The van der Waals surface area contributed by atoms with Crippen molar-refractivity contribution >= 4 is 0 Å². The van der Waals surface area contributed by atoms with Crippen molar-refractivity contribution in [2.45, 2.75) is 38.3 Å². The molecular weight excluding hydrogens is 176 g/mol. The fraction of sp³-hybridized carbons (Fsp3) is 1.00. The van der Waals surface area contributed by atoms with Crippen molar-refractivity contribution in [3.63, 3.8) is 0 Å². The maximum atomic E-state index is 5.46. The van der Waals surface area contributed by atoms with Gasteiger partial charge in [0.1, 0.15) is 0 Å². The molecule has 0 radical (unpaired) electrons. The minimum atomic E-state index is 0.693. The van der Waals surface area contributed by atoms with Gasteiger partial charge >= 0.3 is 0 Å². The van der Waals surface area contributed by atoms with Gasteiger partial charge in [0.25, 0.3) is 0 Å². The van der Waals surface area contributed by atoms with Crippen molar-refractivity contribution in [1.29, 1.82) is 0 Å². The molecule has 2 heterocycles. The van der Waals surface area contributed by atoms with Crippen LogP contribution in [0.25, 0.3) is 0 Å². The van der Waals surface area contributed by atoms with Crippen LogP contribution in [0.1, 0.15) is 26.2 Å². The van der Waals surface area contributed by atoms with Crippen molar-refractivity contribution < 1.29 is 4.74 Å². The van der Waals surface area contributed by atoms with Crippen LogP contribution in [0.15, 0.2) is 0 Å². The Kier molecular flexibility index (Phi) is 3.79. The van der Waals surface area contributed by atoms with Crippen LogP contribution in [0.4, 0.5) is 0 Å². The highest BCUT2D eigenvalue weighted by Gasteiger charge is 2.26. The highest BCUT2D eigenvalue weighted by Crippen LogP contribution is 2.15. The second-order valence-electron chi connectivity index (χ2n) is 4.43. The molecule has 2 unspecified atom stereocenters. The third-order valence-corrected chi connectivity index (χ3v) is 3.42.